The fourth-order valence-electron chi connectivity index (χ4n) is 4.78. The highest BCUT2D eigenvalue weighted by molar-refractivity contribution is 5.79. The maximum Gasteiger partial charge on any atom is 0.407 e. The molecule has 7 heteroatoms. The molecule has 35 heavy (non-hydrogen) atoms. The molecule has 0 heterocycles. The molecule has 2 N–H and O–H groups in total. The topological polar surface area (TPSA) is 95.9 Å². The van der Waals surface area contributed by atoms with Crippen LogP contribution in [0.4, 0.5) is 4.79 Å². The first-order chi connectivity index (χ1) is 16.7. The van der Waals surface area contributed by atoms with Gasteiger partial charge in [0.25, 0.3) is 0 Å². The molecule has 2 amide bonds. The predicted octanol–water partition coefficient (Wildman–Crippen LogP) is 4.76. The number of nitrogens with zero attached hydrogens (tertiary/aromatic N) is 1. The summed E-state index contributed by atoms with van der Waals surface area (Å²) in [7, 11) is 1.62. The van der Waals surface area contributed by atoms with Gasteiger partial charge in [0.1, 0.15) is 6.61 Å². The van der Waals surface area contributed by atoms with Crippen LogP contribution in [0.2, 0.25) is 0 Å². The van der Waals surface area contributed by atoms with Crippen LogP contribution in [0, 0.1) is 17.8 Å². The van der Waals surface area contributed by atoms with E-state index in [1.165, 1.54) is 16.0 Å². The number of alkyl carbamates (subject to hydrolysis) is 1. The Morgan fingerprint density at radius 1 is 1.00 bits per heavy atom. The van der Waals surface area contributed by atoms with Crippen LogP contribution in [-0.4, -0.2) is 54.7 Å². The lowest BCUT2D eigenvalue weighted by molar-refractivity contribution is -0.142. The second-order valence-electron chi connectivity index (χ2n) is 9.92. The van der Waals surface area contributed by atoms with Crippen molar-refractivity contribution >= 4 is 18.0 Å². The van der Waals surface area contributed by atoms with Gasteiger partial charge in [-0.3, -0.25) is 9.59 Å². The van der Waals surface area contributed by atoms with Crippen LogP contribution in [0.1, 0.15) is 50.7 Å². The number of carboxylic acids is 1. The highest BCUT2D eigenvalue weighted by Gasteiger charge is 2.29. The Morgan fingerprint density at radius 3 is 2.11 bits per heavy atom. The smallest absolute Gasteiger partial charge is 0.407 e. The summed E-state index contributed by atoms with van der Waals surface area (Å²) in [6, 6.07) is 16.4. The van der Waals surface area contributed by atoms with Gasteiger partial charge in [0.15, 0.2) is 0 Å². The van der Waals surface area contributed by atoms with Crippen molar-refractivity contribution in [2.24, 2.45) is 17.8 Å². The fraction of sp³-hybridized carbons (Fsp3) is 0.464. The molecule has 0 spiro atoms. The van der Waals surface area contributed by atoms with Gasteiger partial charge in [-0.15, -0.1) is 0 Å². The Balaban J connectivity index is 1.55. The molecule has 0 aliphatic heterocycles. The second kappa shape index (κ2) is 11.9. The number of carbonyl (C=O) groups is 3. The summed E-state index contributed by atoms with van der Waals surface area (Å²) in [4.78, 5) is 37.8. The normalized spacial score (nSPS) is 14.1. The van der Waals surface area contributed by atoms with Crippen molar-refractivity contribution < 1.29 is 24.2 Å². The van der Waals surface area contributed by atoms with Crippen LogP contribution in [-0.2, 0) is 14.3 Å². The third-order valence-corrected chi connectivity index (χ3v) is 6.54. The molecule has 2 aromatic carbocycles. The van der Waals surface area contributed by atoms with E-state index in [4.69, 9.17) is 9.84 Å². The lowest BCUT2D eigenvalue weighted by Crippen LogP contribution is -2.37. The van der Waals surface area contributed by atoms with E-state index in [1.807, 2.05) is 24.3 Å². The molecule has 2 atom stereocenters. The van der Waals surface area contributed by atoms with Gasteiger partial charge in [0.05, 0.1) is 5.92 Å². The number of nitrogens with one attached hydrogen (secondary N) is 1. The van der Waals surface area contributed by atoms with Crippen LogP contribution in [0.25, 0.3) is 11.1 Å². The molecule has 0 aromatic heterocycles. The van der Waals surface area contributed by atoms with Gasteiger partial charge in [0.2, 0.25) is 5.91 Å². The van der Waals surface area contributed by atoms with E-state index in [9.17, 15) is 14.4 Å². The summed E-state index contributed by atoms with van der Waals surface area (Å²) >= 11 is 0. The maximum absolute atomic E-state index is 12.7. The summed E-state index contributed by atoms with van der Waals surface area (Å²) < 4.78 is 5.62. The average molecular weight is 481 g/mol. The average Bonchev–Trinajstić information content (AvgIpc) is 3.14. The lowest BCUT2D eigenvalue weighted by atomic mass is 9.93. The molecule has 2 unspecified atom stereocenters. The van der Waals surface area contributed by atoms with Crippen molar-refractivity contribution in [1.82, 2.24) is 10.2 Å². The Bertz CT molecular complexity index is 1010. The Labute approximate surface area is 207 Å². The van der Waals surface area contributed by atoms with Gasteiger partial charge in [-0.05, 0) is 40.5 Å². The number of benzene rings is 2. The van der Waals surface area contributed by atoms with Crippen LogP contribution in [0.3, 0.4) is 0 Å². The molecule has 0 radical (unpaired) electrons. The van der Waals surface area contributed by atoms with Crippen molar-refractivity contribution in [1.29, 1.82) is 0 Å². The van der Waals surface area contributed by atoms with Crippen molar-refractivity contribution in [3.05, 3.63) is 59.7 Å². The number of fused-ring (bicyclic) bond motifs is 3. The molecular formula is C28H36N2O5. The molecule has 188 valence electrons. The number of ether oxygens (including phenoxy) is 1. The molecule has 0 bridgehead atoms. The van der Waals surface area contributed by atoms with E-state index in [0.717, 1.165) is 17.5 Å². The minimum atomic E-state index is -0.930. The first kappa shape index (κ1) is 26.3. The molecule has 3 rings (SSSR count). The Morgan fingerprint density at radius 2 is 1.57 bits per heavy atom. The molecule has 0 fully saturated rings. The minimum absolute atomic E-state index is 0.00827. The van der Waals surface area contributed by atoms with Crippen molar-refractivity contribution in [3.63, 3.8) is 0 Å². The number of rotatable bonds is 11. The molecule has 1 aliphatic rings. The maximum atomic E-state index is 12.7. The van der Waals surface area contributed by atoms with E-state index in [2.05, 4.69) is 43.4 Å². The third kappa shape index (κ3) is 6.84. The summed E-state index contributed by atoms with van der Waals surface area (Å²) in [5.41, 5.74) is 4.66. The van der Waals surface area contributed by atoms with Crippen LogP contribution in [0.15, 0.2) is 48.5 Å². The van der Waals surface area contributed by atoms with E-state index in [1.54, 1.807) is 14.0 Å². The van der Waals surface area contributed by atoms with Crippen molar-refractivity contribution in [2.45, 2.75) is 39.5 Å². The van der Waals surface area contributed by atoms with Crippen molar-refractivity contribution in [2.75, 3.05) is 26.7 Å². The highest BCUT2D eigenvalue weighted by atomic mass is 16.5. The van der Waals surface area contributed by atoms with Gasteiger partial charge in [-0.25, -0.2) is 4.79 Å². The summed E-state index contributed by atoms with van der Waals surface area (Å²) in [5.74, 6) is -1.41. The molecule has 0 saturated heterocycles. The van der Waals surface area contributed by atoms with Crippen molar-refractivity contribution in [3.8, 4) is 11.1 Å². The summed E-state index contributed by atoms with van der Waals surface area (Å²) in [5, 5.41) is 11.9. The number of hydrogen-bond donors (Lipinski definition) is 2. The largest absolute Gasteiger partial charge is 0.481 e. The highest BCUT2D eigenvalue weighted by Crippen LogP contribution is 2.44. The summed E-state index contributed by atoms with van der Waals surface area (Å²) in [6.45, 7) is 6.44. The lowest BCUT2D eigenvalue weighted by Gasteiger charge is -2.24. The molecule has 0 saturated carbocycles. The molecule has 2 aromatic rings. The van der Waals surface area contributed by atoms with Gasteiger partial charge < -0.3 is 20.1 Å². The van der Waals surface area contributed by atoms with Gasteiger partial charge in [0, 0.05) is 32.5 Å². The first-order valence-corrected chi connectivity index (χ1v) is 12.2. The second-order valence-corrected chi connectivity index (χ2v) is 9.92. The quantitative estimate of drug-likeness (QED) is 0.484. The summed E-state index contributed by atoms with van der Waals surface area (Å²) in [6.07, 6.45) is 0.503. The zero-order chi connectivity index (χ0) is 25.5. The first-order valence-electron chi connectivity index (χ1n) is 12.2. The Kier molecular flexibility index (Phi) is 8.90. The third-order valence-electron chi connectivity index (χ3n) is 6.54. The van der Waals surface area contributed by atoms with E-state index < -0.39 is 18.0 Å². The molecule has 7 nitrogen and oxygen atoms in total. The minimum Gasteiger partial charge on any atom is -0.481 e. The number of aliphatic carboxylic acids is 1. The number of carboxylic acid groups (broad SMARTS) is 1. The number of amides is 2. The SMILES string of the molecule is CC(C)CC(CNC(=O)OCC1c2ccccc2-c2ccccc21)CC(=O)N(C)CC(C)C(=O)O. The van der Waals surface area contributed by atoms with E-state index in [-0.39, 0.29) is 37.3 Å². The predicted molar refractivity (Wildman–Crippen MR) is 135 cm³/mol. The zero-order valence-electron chi connectivity index (χ0n) is 21.0. The number of hydrogen-bond acceptors (Lipinski definition) is 4. The van der Waals surface area contributed by atoms with Gasteiger partial charge in [-0.1, -0.05) is 69.3 Å². The van der Waals surface area contributed by atoms with Crippen LogP contribution in [0.5, 0.6) is 0 Å². The molecular weight excluding hydrogens is 444 g/mol. The number of carbonyl (C=O) groups excluding carboxylic acids is 2. The fourth-order valence-corrected chi connectivity index (χ4v) is 4.78. The zero-order valence-corrected chi connectivity index (χ0v) is 21.0. The van der Waals surface area contributed by atoms with E-state index in [0.29, 0.717) is 12.5 Å². The van der Waals surface area contributed by atoms with E-state index >= 15 is 0 Å². The Hall–Kier alpha value is -3.35. The van der Waals surface area contributed by atoms with Crippen LogP contribution >= 0.6 is 0 Å². The van der Waals surface area contributed by atoms with Crippen LogP contribution < -0.4 is 5.32 Å². The standard InChI is InChI=1S/C28H36N2O5/c1-18(2)13-20(14-26(31)30(4)16-19(3)27(32)33)15-29-28(34)35-17-25-23-11-7-5-9-21(23)22-10-6-8-12-24(22)25/h5-12,18-20,25H,13-17H2,1-4H3,(H,29,34)(H,32,33). The van der Waals surface area contributed by atoms with Gasteiger partial charge >= 0.3 is 12.1 Å². The molecule has 1 aliphatic carbocycles. The monoisotopic (exact) mass is 480 g/mol. The van der Waals surface area contributed by atoms with Gasteiger partial charge in [-0.2, -0.15) is 0 Å².